The SMILES string of the molecule is Clc1ccc(Oc2ccc(OC[C@@H]3CCCCN3Cc3ncon3)cc2)cc1. The third-order valence-corrected chi connectivity index (χ3v) is 5.07. The summed E-state index contributed by atoms with van der Waals surface area (Å²) in [5, 5.41) is 4.61. The quantitative estimate of drug-likeness (QED) is 0.560. The van der Waals surface area contributed by atoms with E-state index in [0.29, 0.717) is 24.2 Å². The van der Waals surface area contributed by atoms with Gasteiger partial charge in [0.05, 0.1) is 6.54 Å². The summed E-state index contributed by atoms with van der Waals surface area (Å²) in [6, 6.07) is 15.3. The second kappa shape index (κ2) is 9.08. The molecule has 1 saturated heterocycles. The van der Waals surface area contributed by atoms with Gasteiger partial charge >= 0.3 is 0 Å². The van der Waals surface area contributed by atoms with Gasteiger partial charge in [0.25, 0.3) is 0 Å². The van der Waals surface area contributed by atoms with Crippen molar-refractivity contribution in [1.82, 2.24) is 15.0 Å². The lowest BCUT2D eigenvalue weighted by Crippen LogP contribution is -2.42. The number of nitrogens with zero attached hydrogens (tertiary/aromatic N) is 3. The normalized spacial score (nSPS) is 17.4. The molecule has 2 heterocycles. The number of likely N-dealkylation sites (tertiary alicyclic amines) is 1. The molecule has 0 unspecified atom stereocenters. The van der Waals surface area contributed by atoms with Gasteiger partial charge in [-0.1, -0.05) is 23.2 Å². The third-order valence-electron chi connectivity index (χ3n) is 4.82. The summed E-state index contributed by atoms with van der Waals surface area (Å²) in [6.07, 6.45) is 4.88. The fourth-order valence-corrected chi connectivity index (χ4v) is 3.46. The molecule has 0 aliphatic carbocycles. The van der Waals surface area contributed by atoms with E-state index in [0.717, 1.165) is 36.0 Å². The van der Waals surface area contributed by atoms with Crippen LogP contribution >= 0.6 is 11.6 Å². The van der Waals surface area contributed by atoms with Crippen LogP contribution in [0.1, 0.15) is 25.1 Å². The van der Waals surface area contributed by atoms with Gasteiger partial charge in [-0.25, -0.2) is 0 Å². The molecule has 1 aliphatic heterocycles. The Balaban J connectivity index is 1.31. The van der Waals surface area contributed by atoms with E-state index in [1.54, 1.807) is 12.1 Å². The molecular formula is C21H22ClN3O3. The topological polar surface area (TPSA) is 60.6 Å². The van der Waals surface area contributed by atoms with Gasteiger partial charge in [-0.15, -0.1) is 0 Å². The highest BCUT2D eigenvalue weighted by Gasteiger charge is 2.24. The van der Waals surface area contributed by atoms with Crippen molar-refractivity contribution in [2.75, 3.05) is 13.2 Å². The van der Waals surface area contributed by atoms with Gasteiger partial charge in [0.1, 0.15) is 23.9 Å². The van der Waals surface area contributed by atoms with Crippen molar-refractivity contribution < 1.29 is 14.0 Å². The van der Waals surface area contributed by atoms with Crippen molar-refractivity contribution in [2.45, 2.75) is 31.8 Å². The summed E-state index contributed by atoms with van der Waals surface area (Å²) in [5.74, 6) is 3.05. The maximum absolute atomic E-state index is 6.04. The zero-order valence-electron chi connectivity index (χ0n) is 15.5. The van der Waals surface area contributed by atoms with Crippen molar-refractivity contribution in [2.24, 2.45) is 0 Å². The lowest BCUT2D eigenvalue weighted by molar-refractivity contribution is 0.0901. The van der Waals surface area contributed by atoms with Crippen LogP contribution in [0.3, 0.4) is 0 Å². The van der Waals surface area contributed by atoms with E-state index >= 15 is 0 Å². The van der Waals surface area contributed by atoms with Crippen LogP contribution in [0.2, 0.25) is 5.02 Å². The number of benzene rings is 2. The Morgan fingerprint density at radius 2 is 1.71 bits per heavy atom. The molecule has 0 amide bonds. The standard InChI is InChI=1S/C21H22ClN3O3/c22-16-4-6-19(7-5-16)28-20-10-8-18(9-11-20)26-14-17-3-1-2-12-25(17)13-21-23-15-27-24-21/h4-11,15,17H,1-3,12-14H2/t17-/m0/s1. The highest BCUT2D eigenvalue weighted by atomic mass is 35.5. The first-order valence-electron chi connectivity index (χ1n) is 9.42. The maximum atomic E-state index is 6.04. The molecule has 7 heteroatoms. The predicted molar refractivity (Wildman–Crippen MR) is 106 cm³/mol. The van der Waals surface area contributed by atoms with Crippen LogP contribution in [0.15, 0.2) is 59.4 Å². The van der Waals surface area contributed by atoms with Gasteiger partial charge in [0.2, 0.25) is 6.39 Å². The fourth-order valence-electron chi connectivity index (χ4n) is 3.34. The molecule has 1 aromatic heterocycles. The largest absolute Gasteiger partial charge is 0.492 e. The molecule has 6 nitrogen and oxygen atoms in total. The van der Waals surface area contributed by atoms with Gasteiger partial charge in [0.15, 0.2) is 5.82 Å². The van der Waals surface area contributed by atoms with Crippen LogP contribution in [0.5, 0.6) is 17.2 Å². The molecular weight excluding hydrogens is 378 g/mol. The summed E-state index contributed by atoms with van der Waals surface area (Å²) in [7, 11) is 0. The third kappa shape index (κ3) is 5.03. The first-order valence-corrected chi connectivity index (χ1v) is 9.80. The van der Waals surface area contributed by atoms with Crippen LogP contribution in [0.25, 0.3) is 0 Å². The minimum Gasteiger partial charge on any atom is -0.492 e. The van der Waals surface area contributed by atoms with E-state index in [1.807, 2.05) is 36.4 Å². The Hall–Kier alpha value is -2.57. The Morgan fingerprint density at radius 1 is 1.00 bits per heavy atom. The Labute approximate surface area is 169 Å². The van der Waals surface area contributed by atoms with E-state index in [9.17, 15) is 0 Å². The average molecular weight is 400 g/mol. The van der Waals surface area contributed by atoms with E-state index in [4.69, 9.17) is 25.6 Å². The molecule has 28 heavy (non-hydrogen) atoms. The smallest absolute Gasteiger partial charge is 0.213 e. The molecule has 2 aromatic carbocycles. The van der Waals surface area contributed by atoms with Gasteiger partial charge < -0.3 is 14.0 Å². The number of ether oxygens (including phenoxy) is 2. The summed E-state index contributed by atoms with van der Waals surface area (Å²) in [4.78, 5) is 6.50. The molecule has 1 atom stereocenters. The van der Waals surface area contributed by atoms with Crippen LogP contribution in [0.4, 0.5) is 0 Å². The van der Waals surface area contributed by atoms with E-state index in [1.165, 1.54) is 19.2 Å². The maximum Gasteiger partial charge on any atom is 0.213 e. The first-order chi connectivity index (χ1) is 13.8. The zero-order valence-corrected chi connectivity index (χ0v) is 16.2. The van der Waals surface area contributed by atoms with Crippen molar-refractivity contribution in [1.29, 1.82) is 0 Å². The zero-order chi connectivity index (χ0) is 19.2. The Bertz CT molecular complexity index is 854. The lowest BCUT2D eigenvalue weighted by atomic mass is 10.0. The monoisotopic (exact) mass is 399 g/mol. The van der Waals surface area contributed by atoms with Crippen LogP contribution in [-0.2, 0) is 6.54 Å². The number of hydrogen-bond acceptors (Lipinski definition) is 6. The summed E-state index contributed by atoms with van der Waals surface area (Å²) >= 11 is 5.90. The lowest BCUT2D eigenvalue weighted by Gasteiger charge is -2.34. The molecule has 0 bridgehead atoms. The minimum atomic E-state index is 0.345. The molecule has 146 valence electrons. The average Bonchev–Trinajstić information content (AvgIpc) is 3.23. The van der Waals surface area contributed by atoms with E-state index in [2.05, 4.69) is 15.0 Å². The number of piperidine rings is 1. The molecule has 0 N–H and O–H groups in total. The van der Waals surface area contributed by atoms with Crippen LogP contribution in [0, 0.1) is 0 Å². The van der Waals surface area contributed by atoms with E-state index < -0.39 is 0 Å². The summed E-state index contributed by atoms with van der Waals surface area (Å²) < 4.78 is 16.7. The number of halogens is 1. The molecule has 0 spiro atoms. The van der Waals surface area contributed by atoms with E-state index in [-0.39, 0.29) is 0 Å². The van der Waals surface area contributed by atoms with Crippen molar-refractivity contribution >= 4 is 11.6 Å². The van der Waals surface area contributed by atoms with Gasteiger partial charge in [-0.05, 0) is 67.9 Å². The highest BCUT2D eigenvalue weighted by Crippen LogP contribution is 2.26. The van der Waals surface area contributed by atoms with Crippen LogP contribution < -0.4 is 9.47 Å². The van der Waals surface area contributed by atoms with Crippen molar-refractivity contribution in [3.8, 4) is 17.2 Å². The van der Waals surface area contributed by atoms with Gasteiger partial charge in [-0.2, -0.15) is 4.98 Å². The molecule has 3 aromatic rings. The minimum absolute atomic E-state index is 0.345. The molecule has 0 saturated carbocycles. The van der Waals surface area contributed by atoms with Crippen LogP contribution in [-0.4, -0.2) is 34.2 Å². The number of rotatable bonds is 7. The second-order valence-electron chi connectivity index (χ2n) is 6.81. The molecule has 1 aliphatic rings. The Morgan fingerprint density at radius 3 is 2.43 bits per heavy atom. The number of aromatic nitrogens is 2. The highest BCUT2D eigenvalue weighted by molar-refractivity contribution is 6.30. The first kappa shape index (κ1) is 18.8. The second-order valence-corrected chi connectivity index (χ2v) is 7.24. The van der Waals surface area contributed by atoms with Crippen molar-refractivity contribution in [3.63, 3.8) is 0 Å². The Kier molecular flexibility index (Phi) is 6.09. The molecule has 4 rings (SSSR count). The summed E-state index contributed by atoms with van der Waals surface area (Å²) in [5.41, 5.74) is 0. The fraction of sp³-hybridized carbons (Fsp3) is 0.333. The molecule has 1 fully saturated rings. The molecule has 0 radical (unpaired) electrons. The number of hydrogen-bond donors (Lipinski definition) is 0. The van der Waals surface area contributed by atoms with Crippen molar-refractivity contribution in [3.05, 3.63) is 65.8 Å². The van der Waals surface area contributed by atoms with Gasteiger partial charge in [-0.3, -0.25) is 4.90 Å². The van der Waals surface area contributed by atoms with Gasteiger partial charge in [0, 0.05) is 11.1 Å². The predicted octanol–water partition coefficient (Wildman–Crippen LogP) is 4.95. The summed E-state index contributed by atoms with van der Waals surface area (Å²) in [6.45, 7) is 2.35.